The number of hydrogen-bond acceptors (Lipinski definition) is 3. The van der Waals surface area contributed by atoms with Crippen LogP contribution < -0.4 is 0 Å². The molecule has 0 radical (unpaired) electrons. The Morgan fingerprint density at radius 2 is 2.18 bits per heavy atom. The van der Waals surface area contributed by atoms with Gasteiger partial charge in [-0.2, -0.15) is 0 Å². The second-order valence-corrected chi connectivity index (χ2v) is 6.12. The standard InChI is InChI=1S/C13H12O2S2/c1-8-6-10(9(2)17-8)7-11(13(14)15)12-4-3-5-16-12/h3-7H,1-2H3,(H,14,15). The van der Waals surface area contributed by atoms with Gasteiger partial charge in [0, 0.05) is 14.6 Å². The van der Waals surface area contributed by atoms with E-state index in [9.17, 15) is 9.90 Å². The van der Waals surface area contributed by atoms with E-state index in [1.54, 1.807) is 17.4 Å². The molecule has 0 aliphatic rings. The molecule has 4 heteroatoms. The number of carboxylic acid groups (broad SMARTS) is 1. The van der Waals surface area contributed by atoms with Crippen molar-refractivity contribution in [2.45, 2.75) is 13.8 Å². The molecule has 2 heterocycles. The molecule has 17 heavy (non-hydrogen) atoms. The maximum Gasteiger partial charge on any atom is 0.337 e. The molecule has 1 N–H and O–H groups in total. The highest BCUT2D eigenvalue weighted by molar-refractivity contribution is 7.12. The van der Waals surface area contributed by atoms with Gasteiger partial charge >= 0.3 is 5.97 Å². The van der Waals surface area contributed by atoms with Gasteiger partial charge in [-0.1, -0.05) is 6.07 Å². The number of carbonyl (C=O) groups is 1. The van der Waals surface area contributed by atoms with E-state index in [0.29, 0.717) is 5.57 Å². The molecule has 2 aromatic heterocycles. The molecule has 2 aromatic rings. The maximum absolute atomic E-state index is 11.3. The molecule has 0 aliphatic heterocycles. The zero-order valence-electron chi connectivity index (χ0n) is 9.56. The zero-order chi connectivity index (χ0) is 12.4. The van der Waals surface area contributed by atoms with Crippen molar-refractivity contribution in [2.24, 2.45) is 0 Å². The van der Waals surface area contributed by atoms with Crippen LogP contribution in [0.15, 0.2) is 23.6 Å². The first-order valence-corrected chi connectivity index (χ1v) is 6.83. The summed E-state index contributed by atoms with van der Waals surface area (Å²) in [5, 5.41) is 11.1. The van der Waals surface area contributed by atoms with Crippen molar-refractivity contribution >= 4 is 40.3 Å². The van der Waals surface area contributed by atoms with Crippen LogP contribution >= 0.6 is 22.7 Å². The van der Waals surface area contributed by atoms with Crippen molar-refractivity contribution in [3.63, 3.8) is 0 Å². The molecule has 0 bridgehead atoms. The Morgan fingerprint density at radius 1 is 1.41 bits per heavy atom. The fourth-order valence-electron chi connectivity index (χ4n) is 1.62. The Labute approximate surface area is 108 Å². The van der Waals surface area contributed by atoms with Crippen molar-refractivity contribution in [3.8, 4) is 0 Å². The zero-order valence-corrected chi connectivity index (χ0v) is 11.2. The highest BCUT2D eigenvalue weighted by atomic mass is 32.1. The molecule has 0 spiro atoms. The van der Waals surface area contributed by atoms with Crippen LogP contribution in [0.1, 0.15) is 20.2 Å². The fourth-order valence-corrected chi connectivity index (χ4v) is 3.26. The minimum atomic E-state index is -0.879. The average Bonchev–Trinajstić information content (AvgIpc) is 2.84. The predicted octanol–water partition coefficient (Wildman–Crippen LogP) is 4.05. The SMILES string of the molecule is Cc1cc(C=C(C(=O)O)c2cccs2)c(C)s1. The molecular formula is C13H12O2S2. The number of carboxylic acids is 1. The molecule has 0 fully saturated rings. The first-order chi connectivity index (χ1) is 8.08. The van der Waals surface area contributed by atoms with Gasteiger partial charge in [-0.05, 0) is 43.0 Å². The van der Waals surface area contributed by atoms with Gasteiger partial charge in [0.1, 0.15) is 0 Å². The van der Waals surface area contributed by atoms with E-state index in [4.69, 9.17) is 0 Å². The predicted molar refractivity (Wildman–Crippen MR) is 73.6 cm³/mol. The normalized spacial score (nSPS) is 11.8. The van der Waals surface area contributed by atoms with E-state index in [1.807, 2.05) is 37.4 Å². The van der Waals surface area contributed by atoms with Crippen LogP contribution in [0, 0.1) is 13.8 Å². The molecule has 0 aromatic carbocycles. The molecule has 0 atom stereocenters. The first kappa shape index (κ1) is 12.1. The fraction of sp³-hybridized carbons (Fsp3) is 0.154. The van der Waals surface area contributed by atoms with E-state index in [-0.39, 0.29) is 0 Å². The summed E-state index contributed by atoms with van der Waals surface area (Å²) >= 11 is 3.13. The van der Waals surface area contributed by atoms with Crippen molar-refractivity contribution in [2.75, 3.05) is 0 Å². The summed E-state index contributed by atoms with van der Waals surface area (Å²) in [5.41, 5.74) is 1.36. The smallest absolute Gasteiger partial charge is 0.337 e. The summed E-state index contributed by atoms with van der Waals surface area (Å²) in [7, 11) is 0. The summed E-state index contributed by atoms with van der Waals surface area (Å²) in [5.74, 6) is -0.879. The molecular weight excluding hydrogens is 252 g/mol. The second kappa shape index (κ2) is 4.85. The van der Waals surface area contributed by atoms with Crippen LogP contribution in [0.5, 0.6) is 0 Å². The van der Waals surface area contributed by atoms with Gasteiger partial charge in [-0.3, -0.25) is 0 Å². The summed E-state index contributed by atoms with van der Waals surface area (Å²) in [6, 6.07) is 5.72. The van der Waals surface area contributed by atoms with Gasteiger partial charge in [0.05, 0.1) is 5.57 Å². The van der Waals surface area contributed by atoms with E-state index >= 15 is 0 Å². The number of aryl methyl sites for hydroxylation is 2. The van der Waals surface area contributed by atoms with Gasteiger partial charge in [-0.25, -0.2) is 4.79 Å². The molecule has 2 nitrogen and oxygen atoms in total. The Bertz CT molecular complexity index is 562. The van der Waals surface area contributed by atoms with Crippen LogP contribution in [0.4, 0.5) is 0 Å². The summed E-state index contributed by atoms with van der Waals surface area (Å²) < 4.78 is 0. The molecule has 0 saturated heterocycles. The minimum Gasteiger partial charge on any atom is -0.478 e. The van der Waals surface area contributed by atoms with Crippen LogP contribution in [0.3, 0.4) is 0 Å². The van der Waals surface area contributed by atoms with Crippen molar-refractivity contribution in [3.05, 3.63) is 43.8 Å². The summed E-state index contributed by atoms with van der Waals surface area (Å²) in [6.45, 7) is 4.04. The van der Waals surface area contributed by atoms with E-state index in [1.165, 1.54) is 16.2 Å². The lowest BCUT2D eigenvalue weighted by atomic mass is 10.1. The third-order valence-corrected chi connectivity index (χ3v) is 4.28. The number of rotatable bonds is 3. The van der Waals surface area contributed by atoms with Crippen molar-refractivity contribution in [1.82, 2.24) is 0 Å². The molecule has 0 unspecified atom stereocenters. The largest absolute Gasteiger partial charge is 0.478 e. The van der Waals surface area contributed by atoms with E-state index < -0.39 is 5.97 Å². The van der Waals surface area contributed by atoms with Gasteiger partial charge in [0.15, 0.2) is 0 Å². The summed E-state index contributed by atoms with van der Waals surface area (Å²) in [4.78, 5) is 14.4. The summed E-state index contributed by atoms with van der Waals surface area (Å²) in [6.07, 6.45) is 1.76. The maximum atomic E-state index is 11.3. The van der Waals surface area contributed by atoms with Crippen LogP contribution in [0.2, 0.25) is 0 Å². The molecule has 88 valence electrons. The van der Waals surface area contributed by atoms with Crippen LogP contribution in [-0.4, -0.2) is 11.1 Å². The van der Waals surface area contributed by atoms with Crippen molar-refractivity contribution in [1.29, 1.82) is 0 Å². The topological polar surface area (TPSA) is 37.3 Å². The van der Waals surface area contributed by atoms with Crippen LogP contribution in [0.25, 0.3) is 11.6 Å². The quantitative estimate of drug-likeness (QED) is 0.849. The monoisotopic (exact) mass is 264 g/mol. The number of aliphatic carboxylic acids is 1. The lowest BCUT2D eigenvalue weighted by Crippen LogP contribution is -1.97. The molecule has 0 aliphatic carbocycles. The highest BCUT2D eigenvalue weighted by Gasteiger charge is 2.12. The first-order valence-electron chi connectivity index (χ1n) is 5.14. The average molecular weight is 264 g/mol. The third kappa shape index (κ3) is 2.65. The van der Waals surface area contributed by atoms with Gasteiger partial charge in [0.2, 0.25) is 0 Å². The third-order valence-electron chi connectivity index (χ3n) is 2.40. The molecule has 0 saturated carbocycles. The Hall–Kier alpha value is -1.39. The molecule has 0 amide bonds. The Balaban J connectivity index is 2.47. The van der Waals surface area contributed by atoms with E-state index in [0.717, 1.165) is 15.3 Å². The second-order valence-electron chi connectivity index (χ2n) is 3.71. The van der Waals surface area contributed by atoms with E-state index in [2.05, 4.69) is 0 Å². The lowest BCUT2D eigenvalue weighted by Gasteiger charge is -1.98. The Kier molecular flexibility index (Phi) is 3.45. The minimum absolute atomic E-state index is 0.362. The molecule has 2 rings (SSSR count). The number of hydrogen-bond donors (Lipinski definition) is 1. The lowest BCUT2D eigenvalue weighted by molar-refractivity contribution is -0.130. The van der Waals surface area contributed by atoms with Crippen LogP contribution in [-0.2, 0) is 4.79 Å². The van der Waals surface area contributed by atoms with Gasteiger partial charge < -0.3 is 5.11 Å². The highest BCUT2D eigenvalue weighted by Crippen LogP contribution is 2.27. The van der Waals surface area contributed by atoms with Gasteiger partial charge in [-0.15, -0.1) is 22.7 Å². The van der Waals surface area contributed by atoms with Gasteiger partial charge in [0.25, 0.3) is 0 Å². The van der Waals surface area contributed by atoms with Crippen molar-refractivity contribution < 1.29 is 9.90 Å². The number of thiophene rings is 2. The Morgan fingerprint density at radius 3 is 2.65 bits per heavy atom.